The Balaban J connectivity index is 1.44. The van der Waals surface area contributed by atoms with Crippen LogP contribution in [0.4, 0.5) is 15.9 Å². The standard InChI is InChI=1S/C19H20FN3O2/c20-14-5-3-13(4-6-14)15-12-16(15)19(24)22-17-2-1-7-21-18(17)23-8-10-25-11-9-23/h1-7,15-16H,8-12H2,(H,22,24)/t15-,16+/m0/s1. The van der Waals surface area contributed by atoms with Crippen molar-refractivity contribution < 1.29 is 13.9 Å². The molecule has 0 bridgehead atoms. The molecule has 1 saturated heterocycles. The number of halogens is 1. The molecule has 1 aromatic heterocycles. The monoisotopic (exact) mass is 341 g/mol. The molecular weight excluding hydrogens is 321 g/mol. The molecule has 2 heterocycles. The summed E-state index contributed by atoms with van der Waals surface area (Å²) in [6, 6.07) is 10.1. The molecule has 4 rings (SSSR count). The number of pyridine rings is 1. The number of hydrogen-bond donors (Lipinski definition) is 1. The number of nitrogens with one attached hydrogen (secondary N) is 1. The number of hydrogen-bond acceptors (Lipinski definition) is 4. The summed E-state index contributed by atoms with van der Waals surface area (Å²) in [5, 5.41) is 3.02. The number of anilines is 2. The molecule has 5 nitrogen and oxygen atoms in total. The molecule has 1 aliphatic heterocycles. The fraction of sp³-hybridized carbons (Fsp3) is 0.368. The number of amides is 1. The van der Waals surface area contributed by atoms with Crippen LogP contribution in [0, 0.1) is 11.7 Å². The Bertz CT molecular complexity index is 760. The lowest BCUT2D eigenvalue weighted by atomic mass is 10.1. The van der Waals surface area contributed by atoms with E-state index in [4.69, 9.17) is 4.74 Å². The first-order valence-electron chi connectivity index (χ1n) is 8.56. The average Bonchev–Trinajstić information content (AvgIpc) is 3.44. The Hall–Kier alpha value is -2.47. The van der Waals surface area contributed by atoms with E-state index in [1.807, 2.05) is 12.1 Å². The second-order valence-electron chi connectivity index (χ2n) is 6.46. The first-order valence-corrected chi connectivity index (χ1v) is 8.56. The van der Waals surface area contributed by atoms with Gasteiger partial charge in [-0.15, -0.1) is 0 Å². The van der Waals surface area contributed by atoms with Gasteiger partial charge in [0.05, 0.1) is 18.9 Å². The normalized spacial score (nSPS) is 22.5. The average molecular weight is 341 g/mol. The van der Waals surface area contributed by atoms with Gasteiger partial charge in [0.2, 0.25) is 5.91 Å². The van der Waals surface area contributed by atoms with Gasteiger partial charge in [0.25, 0.3) is 0 Å². The van der Waals surface area contributed by atoms with Crippen molar-refractivity contribution in [2.75, 3.05) is 36.5 Å². The van der Waals surface area contributed by atoms with Crippen molar-refractivity contribution in [3.63, 3.8) is 0 Å². The van der Waals surface area contributed by atoms with Gasteiger partial charge in [-0.1, -0.05) is 12.1 Å². The van der Waals surface area contributed by atoms with E-state index in [0.29, 0.717) is 13.2 Å². The number of carbonyl (C=O) groups excluding carboxylic acids is 1. The van der Waals surface area contributed by atoms with Crippen LogP contribution in [-0.2, 0) is 9.53 Å². The molecule has 0 radical (unpaired) electrons. The predicted octanol–water partition coefficient (Wildman–Crippen LogP) is 2.80. The van der Waals surface area contributed by atoms with Gasteiger partial charge in [0, 0.05) is 25.2 Å². The molecule has 0 spiro atoms. The Morgan fingerprint density at radius 2 is 1.96 bits per heavy atom. The zero-order chi connectivity index (χ0) is 17.2. The van der Waals surface area contributed by atoms with E-state index in [0.717, 1.165) is 36.6 Å². The van der Waals surface area contributed by atoms with Crippen molar-refractivity contribution in [1.29, 1.82) is 0 Å². The maximum Gasteiger partial charge on any atom is 0.228 e. The first kappa shape index (κ1) is 16.0. The summed E-state index contributed by atoms with van der Waals surface area (Å²) in [6.07, 6.45) is 2.53. The Morgan fingerprint density at radius 1 is 1.20 bits per heavy atom. The first-order chi connectivity index (χ1) is 12.2. The molecule has 2 aliphatic rings. The van der Waals surface area contributed by atoms with E-state index in [9.17, 15) is 9.18 Å². The van der Waals surface area contributed by atoms with Gasteiger partial charge in [-0.3, -0.25) is 4.79 Å². The molecule has 1 N–H and O–H groups in total. The van der Waals surface area contributed by atoms with Crippen molar-refractivity contribution in [1.82, 2.24) is 4.98 Å². The van der Waals surface area contributed by atoms with Crippen molar-refractivity contribution in [2.45, 2.75) is 12.3 Å². The van der Waals surface area contributed by atoms with Gasteiger partial charge in [-0.25, -0.2) is 9.37 Å². The molecule has 130 valence electrons. The molecular formula is C19H20FN3O2. The third kappa shape index (κ3) is 3.49. The smallest absolute Gasteiger partial charge is 0.228 e. The highest BCUT2D eigenvalue weighted by molar-refractivity contribution is 5.97. The van der Waals surface area contributed by atoms with Crippen LogP contribution in [0.1, 0.15) is 17.9 Å². The lowest BCUT2D eigenvalue weighted by Crippen LogP contribution is -2.37. The van der Waals surface area contributed by atoms with Crippen molar-refractivity contribution >= 4 is 17.4 Å². The van der Waals surface area contributed by atoms with Crippen LogP contribution in [0.3, 0.4) is 0 Å². The molecule has 1 aromatic carbocycles. The zero-order valence-corrected chi connectivity index (χ0v) is 13.8. The Kier molecular flexibility index (Phi) is 4.36. The SMILES string of the molecule is O=C(Nc1cccnc1N1CCOCC1)[C@@H]1C[C@H]1c1ccc(F)cc1. The predicted molar refractivity (Wildman–Crippen MR) is 93.1 cm³/mol. The summed E-state index contributed by atoms with van der Waals surface area (Å²) in [7, 11) is 0. The second-order valence-corrected chi connectivity index (χ2v) is 6.46. The van der Waals surface area contributed by atoms with Crippen LogP contribution in [0.5, 0.6) is 0 Å². The minimum absolute atomic E-state index is 0.00293. The van der Waals surface area contributed by atoms with Gasteiger partial charge in [0.1, 0.15) is 5.82 Å². The number of carbonyl (C=O) groups is 1. The van der Waals surface area contributed by atoms with Crippen LogP contribution in [-0.4, -0.2) is 37.2 Å². The molecule has 2 fully saturated rings. The number of ether oxygens (including phenoxy) is 1. The summed E-state index contributed by atoms with van der Waals surface area (Å²) in [4.78, 5) is 19.2. The summed E-state index contributed by atoms with van der Waals surface area (Å²) in [6.45, 7) is 2.86. The summed E-state index contributed by atoms with van der Waals surface area (Å²) in [5.74, 6) is 0.637. The van der Waals surface area contributed by atoms with E-state index in [1.165, 1.54) is 12.1 Å². The molecule has 1 amide bonds. The molecule has 0 unspecified atom stereocenters. The van der Waals surface area contributed by atoms with Gasteiger partial charge >= 0.3 is 0 Å². The van der Waals surface area contributed by atoms with Gasteiger partial charge in [0.15, 0.2) is 5.82 Å². The van der Waals surface area contributed by atoms with Crippen LogP contribution < -0.4 is 10.2 Å². The zero-order valence-electron chi connectivity index (χ0n) is 13.8. The third-order valence-corrected chi connectivity index (χ3v) is 4.78. The van der Waals surface area contributed by atoms with E-state index >= 15 is 0 Å². The van der Waals surface area contributed by atoms with Gasteiger partial charge in [-0.05, 0) is 42.2 Å². The maximum atomic E-state index is 13.0. The Morgan fingerprint density at radius 3 is 2.72 bits per heavy atom. The molecule has 1 aliphatic carbocycles. The van der Waals surface area contributed by atoms with Crippen LogP contribution in [0.25, 0.3) is 0 Å². The second kappa shape index (κ2) is 6.80. The van der Waals surface area contributed by atoms with E-state index in [2.05, 4.69) is 15.2 Å². The maximum absolute atomic E-state index is 13.0. The molecule has 6 heteroatoms. The summed E-state index contributed by atoms with van der Waals surface area (Å²) < 4.78 is 18.4. The number of nitrogens with zero attached hydrogens (tertiary/aromatic N) is 2. The van der Waals surface area contributed by atoms with E-state index < -0.39 is 0 Å². The number of benzene rings is 1. The van der Waals surface area contributed by atoms with Gasteiger partial charge in [-0.2, -0.15) is 0 Å². The topological polar surface area (TPSA) is 54.5 Å². The fourth-order valence-corrected chi connectivity index (χ4v) is 3.31. The highest BCUT2D eigenvalue weighted by atomic mass is 19.1. The van der Waals surface area contributed by atoms with Crippen molar-refractivity contribution in [3.8, 4) is 0 Å². The Labute approximate surface area is 145 Å². The van der Waals surface area contributed by atoms with Crippen molar-refractivity contribution in [3.05, 3.63) is 54.0 Å². The molecule has 2 atom stereocenters. The fourth-order valence-electron chi connectivity index (χ4n) is 3.31. The van der Waals surface area contributed by atoms with Crippen LogP contribution in [0.15, 0.2) is 42.6 Å². The number of morpholine rings is 1. The van der Waals surface area contributed by atoms with Crippen LogP contribution >= 0.6 is 0 Å². The third-order valence-electron chi connectivity index (χ3n) is 4.78. The number of rotatable bonds is 4. The summed E-state index contributed by atoms with van der Waals surface area (Å²) in [5.41, 5.74) is 1.75. The molecule has 2 aromatic rings. The van der Waals surface area contributed by atoms with Crippen LogP contribution in [0.2, 0.25) is 0 Å². The quantitative estimate of drug-likeness (QED) is 0.929. The lowest BCUT2D eigenvalue weighted by Gasteiger charge is -2.29. The van der Waals surface area contributed by atoms with E-state index in [-0.39, 0.29) is 23.6 Å². The minimum atomic E-state index is -0.254. The molecule has 1 saturated carbocycles. The summed E-state index contributed by atoms with van der Waals surface area (Å²) >= 11 is 0. The van der Waals surface area contributed by atoms with Crippen molar-refractivity contribution in [2.24, 2.45) is 5.92 Å². The highest BCUT2D eigenvalue weighted by Gasteiger charge is 2.44. The largest absolute Gasteiger partial charge is 0.378 e. The highest BCUT2D eigenvalue weighted by Crippen LogP contribution is 2.48. The van der Waals surface area contributed by atoms with E-state index in [1.54, 1.807) is 18.3 Å². The number of aromatic nitrogens is 1. The lowest BCUT2D eigenvalue weighted by molar-refractivity contribution is -0.117. The van der Waals surface area contributed by atoms with Gasteiger partial charge < -0.3 is 15.0 Å². The minimum Gasteiger partial charge on any atom is -0.378 e. The molecule has 25 heavy (non-hydrogen) atoms.